The van der Waals surface area contributed by atoms with Gasteiger partial charge in [-0.1, -0.05) is 40.9 Å². The van der Waals surface area contributed by atoms with Crippen LogP contribution in [-0.2, 0) is 11.3 Å². The zero-order valence-electron chi connectivity index (χ0n) is 17.1. The number of hydrogen-bond acceptors (Lipinski definition) is 3. The number of rotatable bonds is 6. The van der Waals surface area contributed by atoms with E-state index in [9.17, 15) is 13.6 Å². The van der Waals surface area contributed by atoms with Gasteiger partial charge in [0.1, 0.15) is 15.8 Å². The minimum Gasteiger partial charge on any atom is -0.396 e. The lowest BCUT2D eigenvalue weighted by atomic mass is 10.1. The average molecular weight is 566 g/mol. The Morgan fingerprint density at radius 1 is 0.971 bits per heavy atom. The third-order valence-electron chi connectivity index (χ3n) is 5.53. The van der Waals surface area contributed by atoms with Crippen molar-refractivity contribution in [1.82, 2.24) is 0 Å². The number of nitrogen functional groups attached to an aromatic ring is 1. The summed E-state index contributed by atoms with van der Waals surface area (Å²) in [5.41, 5.74) is 6.52. The molecule has 1 aliphatic carbocycles. The second-order valence-electron chi connectivity index (χ2n) is 7.78. The maximum absolute atomic E-state index is 14.2. The lowest BCUT2D eigenvalue weighted by Gasteiger charge is -2.13. The van der Waals surface area contributed by atoms with Crippen LogP contribution in [0.1, 0.15) is 17.0 Å². The molecule has 1 fully saturated rings. The predicted octanol–water partition coefficient (Wildman–Crippen LogP) is 7.65. The fourth-order valence-electron chi connectivity index (χ4n) is 3.70. The minimum atomic E-state index is -1.32. The molecule has 0 heterocycles. The quantitative estimate of drug-likeness (QED) is 0.213. The predicted molar refractivity (Wildman–Crippen MR) is 135 cm³/mol. The van der Waals surface area contributed by atoms with Crippen LogP contribution >= 0.6 is 58.0 Å². The molecule has 1 aliphatic rings. The maximum Gasteiger partial charge on any atom is 0.231 e. The van der Waals surface area contributed by atoms with Gasteiger partial charge in [-0.3, -0.25) is 4.79 Å². The number of benzene rings is 3. The van der Waals surface area contributed by atoms with Gasteiger partial charge < -0.3 is 16.4 Å². The third kappa shape index (κ3) is 4.88. The number of alkyl halides is 2. The van der Waals surface area contributed by atoms with Crippen LogP contribution < -0.4 is 16.4 Å². The van der Waals surface area contributed by atoms with Crippen molar-refractivity contribution < 1.29 is 13.6 Å². The van der Waals surface area contributed by atoms with Crippen molar-refractivity contribution in [2.45, 2.75) is 16.8 Å². The molecule has 11 heteroatoms. The molecule has 2 atom stereocenters. The van der Waals surface area contributed by atoms with E-state index in [0.717, 1.165) is 12.1 Å². The largest absolute Gasteiger partial charge is 0.396 e. The number of nitrogens with one attached hydrogen (secondary N) is 2. The first-order valence-corrected chi connectivity index (χ1v) is 11.8. The van der Waals surface area contributed by atoms with Crippen molar-refractivity contribution in [3.8, 4) is 0 Å². The molecule has 0 spiro atoms. The topological polar surface area (TPSA) is 67.2 Å². The molecule has 4 nitrogen and oxygen atoms in total. The zero-order chi connectivity index (χ0) is 24.8. The van der Waals surface area contributed by atoms with E-state index < -0.39 is 33.7 Å². The molecule has 3 aromatic rings. The Balaban J connectivity index is 1.48. The zero-order valence-corrected chi connectivity index (χ0v) is 20.9. The van der Waals surface area contributed by atoms with Gasteiger partial charge in [-0.15, -0.1) is 23.2 Å². The van der Waals surface area contributed by atoms with E-state index in [1.807, 2.05) is 0 Å². The first kappa shape index (κ1) is 25.1. The van der Waals surface area contributed by atoms with Crippen LogP contribution in [-0.4, -0.2) is 10.2 Å². The SMILES string of the molecule is Nc1ccc(F)c(NCc2cc(NC(=O)[C@H]3[C@H](c4ccc(Cl)c(Cl)c4)C3(Cl)Cl)ccc2Cl)c1F. The van der Waals surface area contributed by atoms with Crippen LogP contribution in [0.3, 0.4) is 0 Å². The Morgan fingerprint density at radius 2 is 1.68 bits per heavy atom. The summed E-state index contributed by atoms with van der Waals surface area (Å²) in [7, 11) is 0. The smallest absolute Gasteiger partial charge is 0.231 e. The molecule has 0 aliphatic heterocycles. The van der Waals surface area contributed by atoms with Crippen molar-refractivity contribution in [3.05, 3.63) is 86.4 Å². The highest BCUT2D eigenvalue weighted by atomic mass is 35.5. The second-order valence-corrected chi connectivity index (χ2v) is 10.4. The van der Waals surface area contributed by atoms with Crippen LogP contribution in [0.25, 0.3) is 0 Å². The summed E-state index contributed by atoms with van der Waals surface area (Å²) in [5.74, 6) is -3.32. The van der Waals surface area contributed by atoms with Crippen molar-refractivity contribution in [2.75, 3.05) is 16.4 Å². The summed E-state index contributed by atoms with van der Waals surface area (Å²) < 4.78 is 26.8. The monoisotopic (exact) mass is 563 g/mol. The molecule has 3 aromatic carbocycles. The van der Waals surface area contributed by atoms with Crippen molar-refractivity contribution in [1.29, 1.82) is 0 Å². The minimum absolute atomic E-state index is 0.0237. The highest BCUT2D eigenvalue weighted by Crippen LogP contribution is 2.65. The third-order valence-corrected chi connectivity index (χ3v) is 7.58. The van der Waals surface area contributed by atoms with Gasteiger partial charge in [0, 0.05) is 23.2 Å². The van der Waals surface area contributed by atoms with E-state index in [1.165, 1.54) is 0 Å². The summed E-state index contributed by atoms with van der Waals surface area (Å²) in [5, 5.41) is 6.46. The van der Waals surface area contributed by atoms with Gasteiger partial charge in [0.2, 0.25) is 5.91 Å². The van der Waals surface area contributed by atoms with Crippen LogP contribution in [0.2, 0.25) is 15.1 Å². The van der Waals surface area contributed by atoms with Gasteiger partial charge in [0.05, 0.1) is 21.7 Å². The Bertz CT molecular complexity index is 1290. The molecule has 0 saturated heterocycles. The second kappa shape index (κ2) is 9.59. The van der Waals surface area contributed by atoms with Crippen molar-refractivity contribution in [3.63, 3.8) is 0 Å². The molecule has 178 valence electrons. The molecule has 0 aromatic heterocycles. The van der Waals surface area contributed by atoms with E-state index in [-0.39, 0.29) is 17.9 Å². The van der Waals surface area contributed by atoms with E-state index >= 15 is 0 Å². The summed E-state index contributed by atoms with van der Waals surface area (Å²) >= 11 is 31.1. The van der Waals surface area contributed by atoms with E-state index in [1.54, 1.807) is 36.4 Å². The number of halogens is 7. The fourth-order valence-corrected chi connectivity index (χ4v) is 5.01. The lowest BCUT2D eigenvalue weighted by Crippen LogP contribution is -2.17. The van der Waals surface area contributed by atoms with Gasteiger partial charge in [-0.05, 0) is 53.6 Å². The summed E-state index contributed by atoms with van der Waals surface area (Å²) in [4.78, 5) is 12.9. The van der Waals surface area contributed by atoms with E-state index in [2.05, 4.69) is 10.6 Å². The molecule has 34 heavy (non-hydrogen) atoms. The lowest BCUT2D eigenvalue weighted by molar-refractivity contribution is -0.117. The first-order valence-electron chi connectivity index (χ1n) is 9.90. The molecule has 0 bridgehead atoms. The van der Waals surface area contributed by atoms with Gasteiger partial charge in [-0.2, -0.15) is 0 Å². The van der Waals surface area contributed by atoms with Crippen LogP contribution in [0, 0.1) is 17.6 Å². The highest BCUT2D eigenvalue weighted by Gasteiger charge is 2.67. The number of anilines is 3. The molecular weight excluding hydrogens is 550 g/mol. The molecular formula is C23H16Cl5F2N3O. The van der Waals surface area contributed by atoms with Gasteiger partial charge in [0.15, 0.2) is 5.82 Å². The average Bonchev–Trinajstić information content (AvgIpc) is 3.36. The van der Waals surface area contributed by atoms with Gasteiger partial charge in [-0.25, -0.2) is 8.78 Å². The Morgan fingerprint density at radius 3 is 2.38 bits per heavy atom. The van der Waals surface area contributed by atoms with Crippen LogP contribution in [0.5, 0.6) is 0 Å². The number of amides is 1. The standard InChI is InChI=1S/C23H16Cl5F2N3O/c24-13-4-2-12(7-11(13)9-32-21-16(29)5-6-17(31)20(21)30)33-22(34)19-18(23(19,27)28)10-1-3-14(25)15(26)8-10/h1-8,18-19,32H,9,31H2,(H,33,34)/t18-,19+/m0/s1. The normalized spacial score (nSPS) is 18.4. The van der Waals surface area contributed by atoms with E-state index in [0.29, 0.717) is 31.9 Å². The van der Waals surface area contributed by atoms with E-state index in [4.69, 9.17) is 63.7 Å². The van der Waals surface area contributed by atoms with Gasteiger partial charge >= 0.3 is 0 Å². The summed E-state index contributed by atoms with van der Waals surface area (Å²) in [6.07, 6.45) is 0. The number of nitrogens with two attached hydrogens (primary N) is 1. The summed E-state index contributed by atoms with van der Waals surface area (Å²) in [6.45, 7) is -0.0237. The molecule has 0 radical (unpaired) electrons. The summed E-state index contributed by atoms with van der Waals surface area (Å²) in [6, 6.07) is 11.9. The van der Waals surface area contributed by atoms with Crippen LogP contribution in [0.4, 0.5) is 25.8 Å². The molecule has 1 saturated carbocycles. The Labute approximate surface area is 219 Å². The highest BCUT2D eigenvalue weighted by molar-refractivity contribution is 6.53. The van der Waals surface area contributed by atoms with Gasteiger partial charge in [0.25, 0.3) is 0 Å². The molecule has 4 rings (SSSR count). The number of carbonyl (C=O) groups is 1. The number of hydrogen-bond donors (Lipinski definition) is 3. The Hall–Kier alpha value is -1.96. The van der Waals surface area contributed by atoms with Crippen LogP contribution in [0.15, 0.2) is 48.5 Å². The molecule has 4 N–H and O–H groups in total. The Kier molecular flexibility index (Phi) is 7.09. The van der Waals surface area contributed by atoms with Crippen molar-refractivity contribution >= 4 is 81.0 Å². The number of carbonyl (C=O) groups excluding carboxylic acids is 1. The molecule has 0 unspecified atom stereocenters. The van der Waals surface area contributed by atoms with Crippen molar-refractivity contribution in [2.24, 2.45) is 5.92 Å². The molecule has 1 amide bonds. The first-order chi connectivity index (χ1) is 16.0. The fraction of sp³-hybridized carbons (Fsp3) is 0.174. The maximum atomic E-state index is 14.2.